The largest absolute Gasteiger partial charge is 0.497 e. The van der Waals surface area contributed by atoms with E-state index < -0.39 is 0 Å². The van der Waals surface area contributed by atoms with Gasteiger partial charge >= 0.3 is 0 Å². The molecule has 0 aliphatic heterocycles. The number of carbonyl (C=O) groups is 1. The quantitative estimate of drug-likeness (QED) is 0.728. The van der Waals surface area contributed by atoms with Crippen molar-refractivity contribution in [1.82, 2.24) is 9.97 Å². The maximum absolute atomic E-state index is 12.5. The zero-order valence-corrected chi connectivity index (χ0v) is 13.9. The number of rotatable bonds is 4. The van der Waals surface area contributed by atoms with Crippen LogP contribution in [0.15, 0.2) is 29.9 Å². The molecule has 0 aliphatic carbocycles. The first-order valence-corrected chi connectivity index (χ1v) is 7.80. The molecular weight excluding hydrogens is 338 g/mol. The van der Waals surface area contributed by atoms with Crippen LogP contribution in [0.1, 0.15) is 10.4 Å². The summed E-state index contributed by atoms with van der Waals surface area (Å²) in [5.41, 5.74) is 1.53. The lowest BCUT2D eigenvalue weighted by Crippen LogP contribution is -2.11. The van der Waals surface area contributed by atoms with Crippen LogP contribution in [-0.4, -0.2) is 30.1 Å². The van der Waals surface area contributed by atoms with Crippen molar-refractivity contribution >= 4 is 44.7 Å². The average molecular weight is 350 g/mol. The highest BCUT2D eigenvalue weighted by molar-refractivity contribution is 7.18. The van der Waals surface area contributed by atoms with Gasteiger partial charge in [0.15, 0.2) is 0 Å². The second kappa shape index (κ2) is 6.39. The fraction of sp³-hybridized carbons (Fsp3) is 0.133. The minimum Gasteiger partial charge on any atom is -0.497 e. The van der Waals surface area contributed by atoms with Crippen LogP contribution in [0, 0.1) is 0 Å². The van der Waals surface area contributed by atoms with Crippen LogP contribution < -0.4 is 14.8 Å². The Morgan fingerprint density at radius 3 is 2.52 bits per heavy atom. The van der Waals surface area contributed by atoms with Gasteiger partial charge in [-0.25, -0.2) is 9.97 Å². The molecule has 1 N–H and O–H groups in total. The first-order valence-electron chi connectivity index (χ1n) is 6.54. The number of hydrogen-bond acceptors (Lipinski definition) is 6. The van der Waals surface area contributed by atoms with Gasteiger partial charge in [0, 0.05) is 29.3 Å². The molecule has 8 heteroatoms. The van der Waals surface area contributed by atoms with Crippen molar-refractivity contribution in [1.29, 1.82) is 0 Å². The molecule has 0 unspecified atom stereocenters. The van der Waals surface area contributed by atoms with Crippen LogP contribution in [0.3, 0.4) is 0 Å². The molecule has 0 radical (unpaired) electrons. The zero-order valence-electron chi connectivity index (χ0n) is 12.3. The molecule has 0 aliphatic rings. The SMILES string of the molecule is COc1cc(NC(=O)c2csc3c(Cl)ncnc23)cc(OC)c1. The minimum absolute atomic E-state index is 0.290. The van der Waals surface area contributed by atoms with E-state index in [0.717, 1.165) is 0 Å². The molecule has 0 bridgehead atoms. The van der Waals surface area contributed by atoms with E-state index in [-0.39, 0.29) is 5.91 Å². The Hall–Kier alpha value is -2.38. The Bertz CT molecular complexity index is 859. The van der Waals surface area contributed by atoms with Crippen molar-refractivity contribution < 1.29 is 14.3 Å². The Kier molecular flexibility index (Phi) is 4.31. The van der Waals surface area contributed by atoms with Crippen LogP contribution in [0.25, 0.3) is 10.2 Å². The Morgan fingerprint density at radius 2 is 1.87 bits per heavy atom. The molecule has 6 nitrogen and oxygen atoms in total. The molecule has 0 saturated carbocycles. The number of fused-ring (bicyclic) bond motifs is 1. The molecule has 2 aromatic heterocycles. The number of methoxy groups -OCH3 is 2. The summed E-state index contributed by atoms with van der Waals surface area (Å²) in [5, 5.41) is 4.85. The fourth-order valence-electron chi connectivity index (χ4n) is 2.06. The number of thiophene rings is 1. The average Bonchev–Trinajstić information content (AvgIpc) is 3.00. The summed E-state index contributed by atoms with van der Waals surface area (Å²) in [7, 11) is 3.09. The lowest BCUT2D eigenvalue weighted by atomic mass is 10.2. The third-order valence-corrected chi connectivity index (χ3v) is 4.54. The van der Waals surface area contributed by atoms with E-state index in [1.807, 2.05) is 0 Å². The number of nitrogens with zero attached hydrogens (tertiary/aromatic N) is 2. The van der Waals surface area contributed by atoms with Crippen LogP contribution >= 0.6 is 22.9 Å². The maximum atomic E-state index is 12.5. The molecule has 2 heterocycles. The van der Waals surface area contributed by atoms with Crippen LogP contribution in [-0.2, 0) is 0 Å². The van der Waals surface area contributed by atoms with Gasteiger partial charge in [-0.15, -0.1) is 11.3 Å². The van der Waals surface area contributed by atoms with Crippen LogP contribution in [0.5, 0.6) is 11.5 Å². The monoisotopic (exact) mass is 349 g/mol. The molecular formula is C15H12ClN3O3S. The molecule has 0 spiro atoms. The number of hydrogen-bond donors (Lipinski definition) is 1. The molecule has 3 rings (SSSR count). The van der Waals surface area contributed by atoms with Gasteiger partial charge in [-0.3, -0.25) is 4.79 Å². The molecule has 1 amide bonds. The predicted octanol–water partition coefficient (Wildman–Crippen LogP) is 3.61. The number of benzene rings is 1. The van der Waals surface area contributed by atoms with Gasteiger partial charge in [0.05, 0.1) is 30.0 Å². The van der Waals surface area contributed by atoms with E-state index in [2.05, 4.69) is 15.3 Å². The number of nitrogens with one attached hydrogen (secondary N) is 1. The molecule has 0 saturated heterocycles. The Balaban J connectivity index is 1.93. The fourth-order valence-corrected chi connectivity index (χ4v) is 3.21. The summed E-state index contributed by atoms with van der Waals surface area (Å²) in [4.78, 5) is 20.6. The third kappa shape index (κ3) is 3.06. The van der Waals surface area contributed by atoms with Crippen molar-refractivity contribution in [2.24, 2.45) is 0 Å². The highest BCUT2D eigenvalue weighted by Crippen LogP contribution is 2.30. The lowest BCUT2D eigenvalue weighted by Gasteiger charge is -2.09. The number of aromatic nitrogens is 2. The van der Waals surface area contributed by atoms with Crippen molar-refractivity contribution in [2.75, 3.05) is 19.5 Å². The maximum Gasteiger partial charge on any atom is 0.258 e. The number of amides is 1. The number of carbonyl (C=O) groups excluding carboxylic acids is 1. The van der Waals surface area contributed by atoms with E-state index in [1.54, 1.807) is 37.8 Å². The summed E-state index contributed by atoms with van der Waals surface area (Å²) >= 11 is 7.34. The molecule has 0 fully saturated rings. The van der Waals surface area contributed by atoms with Gasteiger partial charge in [-0.2, -0.15) is 0 Å². The standard InChI is InChI=1S/C15H12ClN3O3S/c1-21-9-3-8(4-10(5-9)22-2)19-15(20)11-6-23-13-12(11)17-7-18-14(13)16/h3-7H,1-2H3,(H,19,20). The van der Waals surface area contributed by atoms with Gasteiger partial charge in [0.1, 0.15) is 23.0 Å². The summed E-state index contributed by atoms with van der Waals surface area (Å²) in [6.07, 6.45) is 1.34. The first kappa shape index (κ1) is 15.5. The minimum atomic E-state index is -0.290. The normalized spacial score (nSPS) is 10.6. The van der Waals surface area contributed by atoms with E-state index in [4.69, 9.17) is 21.1 Å². The van der Waals surface area contributed by atoms with Gasteiger partial charge in [-0.05, 0) is 0 Å². The van der Waals surface area contributed by atoms with Crippen LogP contribution in [0.2, 0.25) is 5.15 Å². The van der Waals surface area contributed by atoms with E-state index in [9.17, 15) is 4.79 Å². The first-order chi connectivity index (χ1) is 11.1. The van der Waals surface area contributed by atoms with Gasteiger partial charge < -0.3 is 14.8 Å². The van der Waals surface area contributed by atoms with Crippen molar-refractivity contribution in [3.8, 4) is 11.5 Å². The van der Waals surface area contributed by atoms with E-state index in [0.29, 0.717) is 38.1 Å². The Morgan fingerprint density at radius 1 is 1.17 bits per heavy atom. The van der Waals surface area contributed by atoms with Gasteiger partial charge in [0.2, 0.25) is 0 Å². The van der Waals surface area contributed by atoms with E-state index in [1.165, 1.54) is 17.7 Å². The highest BCUT2D eigenvalue weighted by Gasteiger charge is 2.16. The summed E-state index contributed by atoms with van der Waals surface area (Å²) in [6.45, 7) is 0. The highest BCUT2D eigenvalue weighted by atomic mass is 35.5. The van der Waals surface area contributed by atoms with Crippen molar-refractivity contribution in [2.45, 2.75) is 0 Å². The molecule has 0 atom stereocenters. The second-order valence-corrected chi connectivity index (χ2v) is 5.78. The third-order valence-electron chi connectivity index (χ3n) is 3.16. The topological polar surface area (TPSA) is 73.3 Å². The zero-order chi connectivity index (χ0) is 16.4. The van der Waals surface area contributed by atoms with E-state index >= 15 is 0 Å². The number of ether oxygens (including phenoxy) is 2. The second-order valence-electron chi connectivity index (χ2n) is 4.55. The van der Waals surface area contributed by atoms with Gasteiger partial charge in [0.25, 0.3) is 5.91 Å². The van der Waals surface area contributed by atoms with Crippen LogP contribution in [0.4, 0.5) is 5.69 Å². The van der Waals surface area contributed by atoms with Crippen molar-refractivity contribution in [3.63, 3.8) is 0 Å². The van der Waals surface area contributed by atoms with Crippen molar-refractivity contribution in [3.05, 3.63) is 40.6 Å². The molecule has 3 aromatic rings. The lowest BCUT2D eigenvalue weighted by molar-refractivity contribution is 0.102. The molecule has 118 valence electrons. The summed E-state index contributed by atoms with van der Waals surface area (Å²) < 4.78 is 11.1. The predicted molar refractivity (Wildman–Crippen MR) is 89.9 cm³/mol. The molecule has 1 aromatic carbocycles. The summed E-state index contributed by atoms with van der Waals surface area (Å²) in [6, 6.07) is 5.14. The van der Waals surface area contributed by atoms with Gasteiger partial charge in [-0.1, -0.05) is 11.6 Å². The number of halogens is 1. The smallest absolute Gasteiger partial charge is 0.258 e. The molecule has 23 heavy (non-hydrogen) atoms. The number of anilines is 1. The summed E-state index contributed by atoms with van der Waals surface area (Å²) in [5.74, 6) is 0.877. The Labute approximate surface area is 141 Å².